The Morgan fingerprint density at radius 3 is 2.57 bits per heavy atom. The molecule has 1 saturated heterocycles. The first-order chi connectivity index (χ1) is 18.1. The molecule has 1 aliphatic carbocycles. The number of piperazine rings is 1. The maximum absolute atomic E-state index is 13.2. The Labute approximate surface area is 216 Å². The van der Waals surface area contributed by atoms with Crippen molar-refractivity contribution in [3.05, 3.63) is 70.9 Å². The third-order valence-corrected chi connectivity index (χ3v) is 7.18. The van der Waals surface area contributed by atoms with Gasteiger partial charge in [0.2, 0.25) is 0 Å². The molecule has 3 N–H and O–H groups in total. The molecule has 0 spiro atoms. The molecular weight excluding hydrogens is 468 g/mol. The lowest BCUT2D eigenvalue weighted by molar-refractivity contribution is 0.102. The molecule has 0 unspecified atom stereocenters. The number of amides is 1. The largest absolute Gasteiger partial charge is 0.491 e. The van der Waals surface area contributed by atoms with Crippen molar-refractivity contribution in [1.29, 1.82) is 0 Å². The van der Waals surface area contributed by atoms with Gasteiger partial charge in [0.15, 0.2) is 0 Å². The smallest absolute Gasteiger partial charge is 0.263 e. The number of likely N-dealkylation sites (N-methyl/N-ethyl adjacent to an activating group) is 1. The number of pyridine rings is 2. The van der Waals surface area contributed by atoms with E-state index in [-0.39, 0.29) is 5.56 Å². The molecule has 2 aromatic heterocycles. The molecular formula is C28H34N6O3. The zero-order valence-electron chi connectivity index (χ0n) is 21.2. The minimum absolute atomic E-state index is 0.00348. The quantitative estimate of drug-likeness (QED) is 0.426. The van der Waals surface area contributed by atoms with Gasteiger partial charge in [-0.2, -0.15) is 0 Å². The average Bonchev–Trinajstić information content (AvgIpc) is 3.43. The van der Waals surface area contributed by atoms with Crippen LogP contribution in [0.1, 0.15) is 36.0 Å². The molecule has 0 radical (unpaired) electrons. The Kier molecular flexibility index (Phi) is 7.70. The minimum atomic E-state index is -0.492. The topological polar surface area (TPSA) is 103 Å². The summed E-state index contributed by atoms with van der Waals surface area (Å²) in [5.74, 6) is 0.714. The van der Waals surface area contributed by atoms with Gasteiger partial charge < -0.3 is 30.2 Å². The van der Waals surface area contributed by atoms with Crippen molar-refractivity contribution in [2.75, 3.05) is 55.4 Å². The number of nitrogens with zero attached hydrogens (tertiary/aromatic N) is 3. The molecule has 1 aromatic carbocycles. The second-order valence-corrected chi connectivity index (χ2v) is 9.85. The molecule has 0 bridgehead atoms. The molecule has 2 fully saturated rings. The lowest BCUT2D eigenvalue weighted by atomic mass is 10.1. The van der Waals surface area contributed by atoms with E-state index in [4.69, 9.17) is 4.74 Å². The van der Waals surface area contributed by atoms with Gasteiger partial charge >= 0.3 is 0 Å². The van der Waals surface area contributed by atoms with Crippen molar-refractivity contribution in [1.82, 2.24) is 14.9 Å². The first-order valence-corrected chi connectivity index (χ1v) is 13.0. The number of H-pyrrole nitrogens is 1. The molecule has 194 valence electrons. The van der Waals surface area contributed by atoms with Crippen LogP contribution in [0, 0.1) is 5.92 Å². The summed E-state index contributed by atoms with van der Waals surface area (Å²) in [6.07, 6.45) is 9.70. The molecule has 3 heterocycles. The maximum atomic E-state index is 13.2. The van der Waals surface area contributed by atoms with Crippen LogP contribution in [-0.4, -0.2) is 60.6 Å². The molecule has 5 rings (SSSR count). The molecule has 3 aromatic rings. The average molecular weight is 503 g/mol. The normalized spacial score (nSPS) is 16.5. The van der Waals surface area contributed by atoms with Gasteiger partial charge in [-0.3, -0.25) is 14.6 Å². The molecule has 1 saturated carbocycles. The molecule has 0 atom stereocenters. The number of aromatic amines is 1. The third-order valence-electron chi connectivity index (χ3n) is 7.18. The molecule has 9 nitrogen and oxygen atoms in total. The summed E-state index contributed by atoms with van der Waals surface area (Å²) in [6, 6.07) is 11.2. The Morgan fingerprint density at radius 2 is 1.81 bits per heavy atom. The van der Waals surface area contributed by atoms with Gasteiger partial charge in [-0.05, 0) is 56.1 Å². The molecule has 2 aliphatic rings. The predicted octanol–water partition coefficient (Wildman–Crippen LogP) is 4.09. The van der Waals surface area contributed by atoms with Crippen molar-refractivity contribution < 1.29 is 9.53 Å². The summed E-state index contributed by atoms with van der Waals surface area (Å²) in [4.78, 5) is 37.4. The van der Waals surface area contributed by atoms with Crippen LogP contribution in [-0.2, 0) is 0 Å². The molecule has 9 heteroatoms. The van der Waals surface area contributed by atoms with Gasteiger partial charge in [0.1, 0.15) is 11.3 Å². The minimum Gasteiger partial charge on any atom is -0.491 e. The van der Waals surface area contributed by atoms with E-state index in [9.17, 15) is 9.59 Å². The highest BCUT2D eigenvalue weighted by atomic mass is 16.5. The number of hydrogen-bond acceptors (Lipinski definition) is 7. The summed E-state index contributed by atoms with van der Waals surface area (Å²) < 4.78 is 6.09. The second kappa shape index (κ2) is 11.5. The number of ether oxygens (including phenoxy) is 1. The van der Waals surface area contributed by atoms with Gasteiger partial charge in [-0.15, -0.1) is 0 Å². The van der Waals surface area contributed by atoms with Crippen LogP contribution in [0.25, 0.3) is 0 Å². The Hall–Kier alpha value is -3.85. The number of rotatable bonds is 8. The van der Waals surface area contributed by atoms with Crippen LogP contribution in [0.4, 0.5) is 22.7 Å². The van der Waals surface area contributed by atoms with Gasteiger partial charge in [0.05, 0.1) is 24.2 Å². The zero-order valence-corrected chi connectivity index (χ0v) is 21.2. The number of hydrogen-bond donors (Lipinski definition) is 3. The van der Waals surface area contributed by atoms with Crippen LogP contribution in [0.2, 0.25) is 0 Å². The predicted molar refractivity (Wildman–Crippen MR) is 146 cm³/mol. The summed E-state index contributed by atoms with van der Waals surface area (Å²) >= 11 is 0. The van der Waals surface area contributed by atoms with Crippen LogP contribution < -0.4 is 25.8 Å². The number of anilines is 4. The van der Waals surface area contributed by atoms with E-state index in [1.54, 1.807) is 24.5 Å². The van der Waals surface area contributed by atoms with Gasteiger partial charge in [0.25, 0.3) is 11.5 Å². The van der Waals surface area contributed by atoms with Crippen LogP contribution in [0.3, 0.4) is 0 Å². The third kappa shape index (κ3) is 6.11. The first kappa shape index (κ1) is 24.8. The van der Waals surface area contributed by atoms with Gasteiger partial charge in [-0.1, -0.05) is 12.8 Å². The van der Waals surface area contributed by atoms with Gasteiger partial charge in [-0.25, -0.2) is 0 Å². The first-order valence-electron chi connectivity index (χ1n) is 13.0. The highest BCUT2D eigenvalue weighted by Crippen LogP contribution is 2.30. The number of benzene rings is 1. The highest BCUT2D eigenvalue weighted by Gasteiger charge is 2.20. The fourth-order valence-corrected chi connectivity index (χ4v) is 4.95. The second-order valence-electron chi connectivity index (χ2n) is 9.85. The van der Waals surface area contributed by atoms with Gasteiger partial charge in [0, 0.05) is 56.0 Å². The summed E-state index contributed by atoms with van der Waals surface area (Å²) in [6.45, 7) is 4.63. The lowest BCUT2D eigenvalue weighted by Crippen LogP contribution is -2.44. The van der Waals surface area contributed by atoms with E-state index in [1.807, 2.05) is 24.3 Å². The molecule has 37 heavy (non-hydrogen) atoms. The number of carbonyl (C=O) groups is 1. The lowest BCUT2D eigenvalue weighted by Gasteiger charge is -2.34. The van der Waals surface area contributed by atoms with Crippen molar-refractivity contribution >= 4 is 28.7 Å². The number of aromatic nitrogens is 2. The summed E-state index contributed by atoms with van der Waals surface area (Å²) in [7, 11) is 2.13. The standard InChI is InChI=1S/C28H34N6O3/c1-33-14-16-34(17-15-33)22-8-6-21(7-9-22)31-28(36)26-23(10-13-30-27(26)35)32-24-18-29-12-11-25(24)37-19-20-4-2-3-5-20/h6-13,18,20H,2-5,14-17,19H2,1H3,(H,31,36)(H2,30,32,35). The Bertz CT molecular complexity index is 1260. The van der Waals surface area contributed by atoms with E-state index >= 15 is 0 Å². The SMILES string of the molecule is CN1CCN(c2ccc(NC(=O)c3c(Nc4cnccc4OCC4CCCC4)cc[nH]c3=O)cc2)CC1. The van der Waals surface area contributed by atoms with E-state index in [1.165, 1.54) is 31.9 Å². The van der Waals surface area contributed by atoms with Crippen LogP contribution in [0.5, 0.6) is 5.75 Å². The van der Waals surface area contributed by atoms with E-state index < -0.39 is 11.5 Å². The molecule has 1 aliphatic heterocycles. The zero-order chi connectivity index (χ0) is 25.6. The van der Waals surface area contributed by atoms with Crippen molar-refractivity contribution in [3.8, 4) is 5.75 Å². The fourth-order valence-electron chi connectivity index (χ4n) is 4.95. The number of carbonyl (C=O) groups excluding carboxylic acids is 1. The number of nitrogens with one attached hydrogen (secondary N) is 3. The fraction of sp³-hybridized carbons (Fsp3) is 0.393. The van der Waals surface area contributed by atoms with Crippen molar-refractivity contribution in [3.63, 3.8) is 0 Å². The van der Waals surface area contributed by atoms with E-state index in [0.29, 0.717) is 35.3 Å². The molecule has 1 amide bonds. The monoisotopic (exact) mass is 502 g/mol. The Morgan fingerprint density at radius 1 is 1.05 bits per heavy atom. The van der Waals surface area contributed by atoms with E-state index in [0.717, 1.165) is 31.9 Å². The van der Waals surface area contributed by atoms with Crippen molar-refractivity contribution in [2.45, 2.75) is 25.7 Å². The van der Waals surface area contributed by atoms with Crippen molar-refractivity contribution in [2.24, 2.45) is 5.92 Å². The summed E-state index contributed by atoms with van der Waals surface area (Å²) in [5.41, 5.74) is 2.25. The maximum Gasteiger partial charge on any atom is 0.263 e. The summed E-state index contributed by atoms with van der Waals surface area (Å²) in [5, 5.41) is 6.07. The van der Waals surface area contributed by atoms with Crippen LogP contribution in [0.15, 0.2) is 59.8 Å². The van der Waals surface area contributed by atoms with Crippen LogP contribution >= 0.6 is 0 Å². The highest BCUT2D eigenvalue weighted by molar-refractivity contribution is 6.08. The van der Waals surface area contributed by atoms with E-state index in [2.05, 4.69) is 37.4 Å². The Balaban J connectivity index is 1.29.